The minimum Gasteiger partial charge on any atom is -0.480 e. The van der Waals surface area contributed by atoms with Crippen LogP contribution in [0.3, 0.4) is 0 Å². The molecule has 5 atom stereocenters. The van der Waals surface area contributed by atoms with Gasteiger partial charge in [0.15, 0.2) is 5.96 Å². The summed E-state index contributed by atoms with van der Waals surface area (Å²) in [5.74, 6) is -3.66. The van der Waals surface area contributed by atoms with E-state index >= 15 is 0 Å². The molecule has 1 rings (SSSR count). The van der Waals surface area contributed by atoms with Crippen LogP contribution in [0.15, 0.2) is 17.5 Å². The molecule has 12 N–H and O–H groups in total. The first-order valence-electron chi connectivity index (χ1n) is 10.5. The molecule has 0 bridgehead atoms. The number of carboxylic acid groups (broad SMARTS) is 1. The van der Waals surface area contributed by atoms with E-state index in [0.29, 0.717) is 12.1 Å². The van der Waals surface area contributed by atoms with E-state index in [0.717, 1.165) is 0 Å². The topological polar surface area (TPSA) is 264 Å². The highest BCUT2D eigenvalue weighted by atomic mass is 16.4. The first-order valence-corrected chi connectivity index (χ1v) is 10.5. The number of nitrogens with two attached hydrogens (primary N) is 3. The number of aliphatic hydroxyl groups excluding tert-OH is 1. The van der Waals surface area contributed by atoms with E-state index < -0.39 is 54.0 Å². The average molecular weight is 484 g/mol. The molecule has 0 saturated carbocycles. The van der Waals surface area contributed by atoms with Gasteiger partial charge in [0.1, 0.15) is 18.1 Å². The molecule has 1 aromatic heterocycles. The number of imidazole rings is 1. The Kier molecular flexibility index (Phi) is 11.4. The van der Waals surface area contributed by atoms with Gasteiger partial charge in [-0.05, 0) is 26.7 Å². The molecule has 0 fully saturated rings. The minimum atomic E-state index is -1.40. The molecule has 5 unspecified atom stereocenters. The van der Waals surface area contributed by atoms with Gasteiger partial charge in [-0.25, -0.2) is 9.78 Å². The Morgan fingerprint density at radius 1 is 1.12 bits per heavy atom. The number of nitrogens with one attached hydrogen (secondary N) is 4. The maximum Gasteiger partial charge on any atom is 0.326 e. The summed E-state index contributed by atoms with van der Waals surface area (Å²) in [7, 11) is 0. The average Bonchev–Trinajstić information content (AvgIpc) is 3.26. The number of aromatic amines is 1. The number of guanidine groups is 1. The van der Waals surface area contributed by atoms with Crippen molar-refractivity contribution in [2.45, 2.75) is 63.4 Å². The van der Waals surface area contributed by atoms with Gasteiger partial charge in [0, 0.05) is 24.9 Å². The molecular weight excluding hydrogens is 450 g/mol. The normalized spacial score (nSPS) is 15.2. The van der Waals surface area contributed by atoms with Gasteiger partial charge in [0.25, 0.3) is 0 Å². The molecule has 0 radical (unpaired) electrons. The van der Waals surface area contributed by atoms with Gasteiger partial charge in [-0.1, -0.05) is 0 Å². The highest BCUT2D eigenvalue weighted by molar-refractivity contribution is 5.94. The lowest BCUT2D eigenvalue weighted by Gasteiger charge is -2.25. The molecule has 0 aliphatic heterocycles. The van der Waals surface area contributed by atoms with E-state index in [2.05, 4.69) is 30.9 Å². The van der Waals surface area contributed by atoms with E-state index in [1.165, 1.54) is 26.4 Å². The molecule has 0 aromatic carbocycles. The lowest BCUT2D eigenvalue weighted by atomic mass is 10.1. The number of amides is 3. The van der Waals surface area contributed by atoms with Crippen molar-refractivity contribution in [1.29, 1.82) is 0 Å². The number of carbonyl (C=O) groups is 4. The van der Waals surface area contributed by atoms with Crippen LogP contribution >= 0.6 is 0 Å². The summed E-state index contributed by atoms with van der Waals surface area (Å²) >= 11 is 0. The van der Waals surface area contributed by atoms with Crippen molar-refractivity contribution in [2.24, 2.45) is 22.2 Å². The van der Waals surface area contributed by atoms with Crippen LogP contribution in [-0.4, -0.2) is 86.6 Å². The van der Waals surface area contributed by atoms with Crippen molar-refractivity contribution in [3.05, 3.63) is 18.2 Å². The van der Waals surface area contributed by atoms with Crippen molar-refractivity contribution < 1.29 is 29.4 Å². The van der Waals surface area contributed by atoms with Crippen molar-refractivity contribution in [2.75, 3.05) is 6.54 Å². The Balaban J connectivity index is 2.65. The van der Waals surface area contributed by atoms with Crippen LogP contribution in [0.25, 0.3) is 0 Å². The molecule has 34 heavy (non-hydrogen) atoms. The largest absolute Gasteiger partial charge is 0.480 e. The van der Waals surface area contributed by atoms with Gasteiger partial charge in [0.05, 0.1) is 18.5 Å². The summed E-state index contributed by atoms with van der Waals surface area (Å²) in [5, 5.41) is 26.3. The van der Waals surface area contributed by atoms with Gasteiger partial charge in [-0.2, -0.15) is 0 Å². The fraction of sp³-hybridized carbons (Fsp3) is 0.579. The number of hydrogen-bond donors (Lipinski definition) is 9. The van der Waals surface area contributed by atoms with Crippen LogP contribution < -0.4 is 33.2 Å². The van der Waals surface area contributed by atoms with Crippen molar-refractivity contribution >= 4 is 29.7 Å². The molecule has 3 amide bonds. The van der Waals surface area contributed by atoms with Crippen LogP contribution in [0.4, 0.5) is 0 Å². The minimum absolute atomic E-state index is 0.0465. The summed E-state index contributed by atoms with van der Waals surface area (Å²) in [5.41, 5.74) is 16.7. The predicted octanol–water partition coefficient (Wildman–Crippen LogP) is -3.73. The molecule has 190 valence electrons. The summed E-state index contributed by atoms with van der Waals surface area (Å²) in [4.78, 5) is 59.1. The van der Waals surface area contributed by atoms with Crippen LogP contribution in [0, 0.1) is 0 Å². The summed E-state index contributed by atoms with van der Waals surface area (Å²) < 4.78 is 0. The zero-order valence-electron chi connectivity index (χ0n) is 19.0. The number of aliphatic carboxylic acids is 1. The van der Waals surface area contributed by atoms with Gasteiger partial charge in [0.2, 0.25) is 17.7 Å². The summed E-state index contributed by atoms with van der Waals surface area (Å²) in [6, 6.07) is -4.81. The number of aliphatic hydroxyl groups is 1. The Morgan fingerprint density at radius 2 is 1.79 bits per heavy atom. The fourth-order valence-electron chi connectivity index (χ4n) is 2.80. The highest BCUT2D eigenvalue weighted by Gasteiger charge is 2.31. The maximum atomic E-state index is 12.6. The number of aromatic nitrogens is 2. The first kappa shape index (κ1) is 28.3. The fourth-order valence-corrected chi connectivity index (χ4v) is 2.80. The molecule has 15 nitrogen and oxygen atoms in total. The van der Waals surface area contributed by atoms with E-state index in [-0.39, 0.29) is 25.3 Å². The second-order valence-electron chi connectivity index (χ2n) is 7.69. The highest BCUT2D eigenvalue weighted by Crippen LogP contribution is 2.02. The Hall–Kier alpha value is -3.72. The van der Waals surface area contributed by atoms with E-state index in [1.54, 1.807) is 0 Å². The molecule has 0 aliphatic rings. The Morgan fingerprint density at radius 3 is 2.32 bits per heavy atom. The SMILES string of the molecule is CC(NC(=O)C(NC(=O)C(N)CCCN=C(N)N)C(C)O)C(=O)NC(Cc1cnc[nH]1)C(=O)O. The van der Waals surface area contributed by atoms with Crippen LogP contribution in [0.1, 0.15) is 32.4 Å². The van der Waals surface area contributed by atoms with Crippen LogP contribution in [0.5, 0.6) is 0 Å². The molecule has 1 aromatic rings. The quantitative estimate of drug-likeness (QED) is 0.0709. The number of hydrogen-bond acceptors (Lipinski definition) is 8. The van der Waals surface area contributed by atoms with Gasteiger partial charge >= 0.3 is 5.97 Å². The van der Waals surface area contributed by atoms with E-state index in [1.807, 2.05) is 0 Å². The molecule has 0 aliphatic carbocycles. The van der Waals surface area contributed by atoms with Gasteiger partial charge < -0.3 is 48.3 Å². The first-order chi connectivity index (χ1) is 15.9. The lowest BCUT2D eigenvalue weighted by molar-refractivity contribution is -0.142. The number of nitrogens with zero attached hydrogens (tertiary/aromatic N) is 2. The van der Waals surface area contributed by atoms with Crippen molar-refractivity contribution in [1.82, 2.24) is 25.9 Å². The second kappa shape index (κ2) is 13.7. The zero-order valence-corrected chi connectivity index (χ0v) is 19.0. The third-order valence-electron chi connectivity index (χ3n) is 4.71. The molecule has 0 spiro atoms. The maximum absolute atomic E-state index is 12.6. The second-order valence-corrected chi connectivity index (χ2v) is 7.69. The van der Waals surface area contributed by atoms with E-state index in [9.17, 15) is 29.4 Å². The van der Waals surface area contributed by atoms with Crippen LogP contribution in [-0.2, 0) is 25.6 Å². The molecule has 15 heteroatoms. The molecular formula is C19H33N9O6. The third-order valence-corrected chi connectivity index (χ3v) is 4.71. The molecule has 1 heterocycles. The number of H-pyrrole nitrogens is 1. The van der Waals surface area contributed by atoms with Crippen LogP contribution in [0.2, 0.25) is 0 Å². The monoisotopic (exact) mass is 483 g/mol. The van der Waals surface area contributed by atoms with Crippen molar-refractivity contribution in [3.63, 3.8) is 0 Å². The number of aliphatic imine (C=N–C) groups is 1. The zero-order chi connectivity index (χ0) is 25.8. The third kappa shape index (κ3) is 9.83. The standard InChI is InChI=1S/C19H33N9O6/c1-9(15(30)27-13(18(33)34)6-11-7-23-8-25-11)26-17(32)14(10(2)29)28-16(31)12(20)4-3-5-24-19(21)22/h7-10,12-14,29H,3-6,20H2,1-2H3,(H,23,25)(H,26,32)(H,27,30)(H,28,31)(H,33,34)(H4,21,22,24). The smallest absolute Gasteiger partial charge is 0.326 e. The Bertz CT molecular complexity index is 854. The Labute approximate surface area is 195 Å². The number of carboxylic acids is 1. The summed E-state index contributed by atoms with van der Waals surface area (Å²) in [6.45, 7) is 2.89. The number of rotatable bonds is 14. The molecule has 0 saturated heterocycles. The van der Waals surface area contributed by atoms with Gasteiger partial charge in [-0.15, -0.1) is 0 Å². The van der Waals surface area contributed by atoms with Crippen molar-refractivity contribution in [3.8, 4) is 0 Å². The lowest BCUT2D eigenvalue weighted by Crippen LogP contribution is -2.59. The van der Waals surface area contributed by atoms with E-state index in [4.69, 9.17) is 17.2 Å². The number of carbonyl (C=O) groups excluding carboxylic acids is 3. The summed E-state index contributed by atoms with van der Waals surface area (Å²) in [6.07, 6.45) is 2.09. The van der Waals surface area contributed by atoms with Gasteiger partial charge in [-0.3, -0.25) is 19.4 Å². The predicted molar refractivity (Wildman–Crippen MR) is 121 cm³/mol.